The summed E-state index contributed by atoms with van der Waals surface area (Å²) >= 11 is 1.37. The summed E-state index contributed by atoms with van der Waals surface area (Å²) in [4.78, 5) is 12.7. The number of carboxylic acids is 1. The summed E-state index contributed by atoms with van der Waals surface area (Å²) in [7, 11) is 0. The molecule has 0 radical (unpaired) electrons. The lowest BCUT2D eigenvalue weighted by Crippen LogP contribution is -2.36. The van der Waals surface area contributed by atoms with E-state index < -0.39 is 12.0 Å². The number of carbonyl (C=O) groups is 1. The molecule has 1 saturated heterocycles. The molecule has 8 heavy (non-hydrogen) atoms. The molecule has 0 aromatic rings. The topological polar surface area (TPSA) is 61.4 Å². The van der Waals surface area contributed by atoms with E-state index in [0.29, 0.717) is 5.75 Å². The molecule has 0 aromatic carbocycles. The Morgan fingerprint density at radius 3 is 2.88 bits per heavy atom. The summed E-state index contributed by atoms with van der Waals surface area (Å²) in [5.74, 6) is -0.211. The van der Waals surface area contributed by atoms with Crippen LogP contribution in [0.2, 0.25) is 0 Å². The smallest absolute Gasteiger partial charge is 0.322 e. The molecule has 1 aliphatic heterocycles. The predicted octanol–water partition coefficient (Wildman–Crippen LogP) is -0.804. The summed E-state index contributed by atoms with van der Waals surface area (Å²) in [6, 6.07) is -0.417. The molecule has 46 valence electrons. The Labute approximate surface area is 50.7 Å². The van der Waals surface area contributed by atoms with Crippen molar-refractivity contribution in [3.63, 3.8) is 0 Å². The lowest BCUT2D eigenvalue weighted by Gasteiger charge is -1.97. The van der Waals surface area contributed by atoms with Crippen LogP contribution in [0.25, 0.3) is 0 Å². The molecule has 0 aliphatic carbocycles. The Kier molecular flexibility index (Phi) is 1.72. The van der Waals surface area contributed by atoms with Crippen molar-refractivity contribution in [2.75, 3.05) is 5.75 Å². The lowest BCUT2D eigenvalue weighted by atomic mass is 10.4. The minimum atomic E-state index is -0.803. The van der Waals surface area contributed by atoms with Gasteiger partial charge in [0.25, 0.3) is 0 Å². The standard InChI is InChI=1S/C3H6N2O2S/c6-3(7)2-1-8-5-4-2/h2,4-5H,1H2,(H,6,7). The molecule has 0 spiro atoms. The van der Waals surface area contributed by atoms with Crippen LogP contribution in [0.15, 0.2) is 0 Å². The van der Waals surface area contributed by atoms with E-state index in [2.05, 4.69) is 10.3 Å². The van der Waals surface area contributed by atoms with Crippen molar-refractivity contribution in [3.05, 3.63) is 0 Å². The Hall–Kier alpha value is -0.260. The average molecular weight is 134 g/mol. The van der Waals surface area contributed by atoms with Crippen molar-refractivity contribution in [3.8, 4) is 0 Å². The first-order valence-electron chi connectivity index (χ1n) is 2.16. The fourth-order valence-corrected chi connectivity index (χ4v) is 1.11. The molecule has 1 fully saturated rings. The molecule has 1 aliphatic rings. The van der Waals surface area contributed by atoms with Crippen molar-refractivity contribution in [1.82, 2.24) is 10.3 Å². The maximum atomic E-state index is 10.1. The van der Waals surface area contributed by atoms with Crippen LogP contribution in [0.1, 0.15) is 0 Å². The first-order valence-corrected chi connectivity index (χ1v) is 3.14. The SMILES string of the molecule is O=C(O)C1CSNN1. The van der Waals surface area contributed by atoms with Gasteiger partial charge in [0.15, 0.2) is 0 Å². The lowest BCUT2D eigenvalue weighted by molar-refractivity contribution is -0.138. The zero-order valence-corrected chi connectivity index (χ0v) is 4.86. The Morgan fingerprint density at radius 2 is 2.62 bits per heavy atom. The van der Waals surface area contributed by atoms with Gasteiger partial charge < -0.3 is 5.11 Å². The Balaban J connectivity index is 2.35. The summed E-state index contributed by atoms with van der Waals surface area (Å²) in [6.45, 7) is 0. The third-order valence-electron chi connectivity index (χ3n) is 0.853. The molecule has 1 heterocycles. The summed E-state index contributed by atoms with van der Waals surface area (Å²) in [5, 5.41) is 8.30. The highest BCUT2D eigenvalue weighted by Crippen LogP contribution is 2.02. The van der Waals surface area contributed by atoms with E-state index >= 15 is 0 Å². The number of hydrazine groups is 1. The van der Waals surface area contributed by atoms with Crippen molar-refractivity contribution in [2.45, 2.75) is 6.04 Å². The molecule has 5 heteroatoms. The second-order valence-corrected chi connectivity index (χ2v) is 2.27. The zero-order valence-electron chi connectivity index (χ0n) is 4.05. The van der Waals surface area contributed by atoms with E-state index in [4.69, 9.17) is 5.11 Å². The minimum Gasteiger partial charge on any atom is -0.480 e. The second-order valence-electron chi connectivity index (χ2n) is 1.45. The van der Waals surface area contributed by atoms with Crippen LogP contribution in [0.5, 0.6) is 0 Å². The van der Waals surface area contributed by atoms with Gasteiger partial charge in [-0.3, -0.25) is 4.79 Å². The van der Waals surface area contributed by atoms with E-state index in [0.717, 1.165) is 0 Å². The highest BCUT2D eigenvalue weighted by Gasteiger charge is 2.20. The van der Waals surface area contributed by atoms with Crippen molar-refractivity contribution < 1.29 is 9.90 Å². The molecule has 0 saturated carbocycles. The van der Waals surface area contributed by atoms with Crippen LogP contribution in [0, 0.1) is 0 Å². The van der Waals surface area contributed by atoms with Crippen LogP contribution in [-0.4, -0.2) is 22.9 Å². The highest BCUT2D eigenvalue weighted by atomic mass is 32.2. The fourth-order valence-electron chi connectivity index (χ4n) is 0.412. The van der Waals surface area contributed by atoms with Gasteiger partial charge >= 0.3 is 5.97 Å². The van der Waals surface area contributed by atoms with Gasteiger partial charge in [-0.15, -0.1) is 0 Å². The van der Waals surface area contributed by atoms with E-state index in [-0.39, 0.29) is 0 Å². The molecule has 1 rings (SSSR count). The van der Waals surface area contributed by atoms with Crippen molar-refractivity contribution in [1.29, 1.82) is 0 Å². The predicted molar refractivity (Wildman–Crippen MR) is 30.2 cm³/mol. The van der Waals surface area contributed by atoms with E-state index in [1.165, 1.54) is 11.9 Å². The van der Waals surface area contributed by atoms with Crippen LogP contribution in [0.3, 0.4) is 0 Å². The molecule has 3 N–H and O–H groups in total. The molecule has 1 unspecified atom stereocenters. The van der Waals surface area contributed by atoms with Gasteiger partial charge in [0.1, 0.15) is 6.04 Å². The minimum absolute atomic E-state index is 0.417. The number of hydrogen-bond donors (Lipinski definition) is 3. The van der Waals surface area contributed by atoms with E-state index in [1.807, 2.05) is 0 Å². The normalized spacial score (nSPS) is 28.2. The van der Waals surface area contributed by atoms with Crippen LogP contribution >= 0.6 is 11.9 Å². The maximum Gasteiger partial charge on any atom is 0.322 e. The number of nitrogens with one attached hydrogen (secondary N) is 2. The zero-order chi connectivity index (χ0) is 5.98. The Morgan fingerprint density at radius 1 is 1.88 bits per heavy atom. The maximum absolute atomic E-state index is 10.1. The largest absolute Gasteiger partial charge is 0.480 e. The van der Waals surface area contributed by atoms with Crippen LogP contribution in [-0.2, 0) is 4.79 Å². The molecule has 4 nitrogen and oxygen atoms in total. The number of aliphatic carboxylic acids is 1. The summed E-state index contributed by atoms with van der Waals surface area (Å²) in [5.41, 5.74) is 2.57. The fraction of sp³-hybridized carbons (Fsp3) is 0.667. The van der Waals surface area contributed by atoms with Gasteiger partial charge in [-0.1, -0.05) is 11.9 Å². The molecular formula is C3H6N2O2S. The van der Waals surface area contributed by atoms with E-state index in [1.54, 1.807) is 0 Å². The summed E-state index contributed by atoms with van der Waals surface area (Å²) in [6.07, 6.45) is 0. The second kappa shape index (κ2) is 2.34. The van der Waals surface area contributed by atoms with E-state index in [9.17, 15) is 4.79 Å². The van der Waals surface area contributed by atoms with Gasteiger partial charge in [-0.2, -0.15) is 0 Å². The third kappa shape index (κ3) is 1.12. The van der Waals surface area contributed by atoms with Gasteiger partial charge in [-0.05, 0) is 0 Å². The van der Waals surface area contributed by atoms with Crippen LogP contribution in [0.4, 0.5) is 0 Å². The summed E-state index contributed by atoms with van der Waals surface area (Å²) < 4.78 is 0. The number of rotatable bonds is 1. The van der Waals surface area contributed by atoms with Crippen LogP contribution < -0.4 is 10.3 Å². The monoisotopic (exact) mass is 134 g/mol. The van der Waals surface area contributed by atoms with Crippen molar-refractivity contribution >= 4 is 17.9 Å². The number of hydrogen-bond acceptors (Lipinski definition) is 4. The number of carboxylic acid groups (broad SMARTS) is 1. The Bertz CT molecular complexity index is 101. The van der Waals surface area contributed by atoms with Gasteiger partial charge in [0.05, 0.1) is 0 Å². The first-order chi connectivity index (χ1) is 3.80. The average Bonchev–Trinajstić information content (AvgIpc) is 2.12. The third-order valence-corrected chi connectivity index (χ3v) is 1.62. The van der Waals surface area contributed by atoms with Gasteiger partial charge in [0.2, 0.25) is 0 Å². The molecule has 0 aromatic heterocycles. The molecular weight excluding hydrogens is 128 g/mol. The molecule has 1 atom stereocenters. The van der Waals surface area contributed by atoms with Crippen molar-refractivity contribution in [2.24, 2.45) is 0 Å². The quantitative estimate of drug-likeness (QED) is 0.410. The molecule has 0 bridgehead atoms. The molecule has 0 amide bonds. The van der Waals surface area contributed by atoms with Gasteiger partial charge in [-0.25, -0.2) is 10.3 Å². The van der Waals surface area contributed by atoms with Gasteiger partial charge in [0, 0.05) is 5.75 Å². The highest BCUT2D eigenvalue weighted by molar-refractivity contribution is 7.97. The first kappa shape index (κ1) is 5.87.